The van der Waals surface area contributed by atoms with Gasteiger partial charge in [-0.2, -0.15) is 0 Å². The Labute approximate surface area is 111 Å². The smallest absolute Gasteiger partial charge is 0.339 e. The number of rotatable bonds is 4. The van der Waals surface area contributed by atoms with Gasteiger partial charge in [0.2, 0.25) is 0 Å². The van der Waals surface area contributed by atoms with Crippen LogP contribution in [0.4, 0.5) is 5.82 Å². The molecule has 2 N–H and O–H groups in total. The van der Waals surface area contributed by atoms with Crippen LogP contribution in [0.25, 0.3) is 0 Å². The third-order valence-corrected chi connectivity index (χ3v) is 2.65. The van der Waals surface area contributed by atoms with E-state index in [2.05, 4.69) is 15.3 Å². The minimum atomic E-state index is -0.993. The molecule has 0 saturated heterocycles. The third kappa shape index (κ3) is 3.28. The summed E-state index contributed by atoms with van der Waals surface area (Å²) < 4.78 is 0. The van der Waals surface area contributed by atoms with E-state index in [1.807, 2.05) is 32.0 Å². The fourth-order valence-corrected chi connectivity index (χ4v) is 1.74. The molecule has 2 rings (SSSR count). The molecule has 0 fully saturated rings. The van der Waals surface area contributed by atoms with E-state index in [1.54, 1.807) is 12.1 Å². The highest BCUT2D eigenvalue weighted by atomic mass is 16.4. The van der Waals surface area contributed by atoms with E-state index in [4.69, 9.17) is 5.11 Å². The van der Waals surface area contributed by atoms with E-state index < -0.39 is 5.97 Å². The van der Waals surface area contributed by atoms with E-state index in [0.29, 0.717) is 12.4 Å². The molecule has 0 aliphatic heterocycles. The number of anilines is 1. The van der Waals surface area contributed by atoms with Gasteiger partial charge in [-0.25, -0.2) is 9.78 Å². The first-order valence-corrected chi connectivity index (χ1v) is 5.93. The van der Waals surface area contributed by atoms with Crippen molar-refractivity contribution in [2.24, 2.45) is 0 Å². The fourth-order valence-electron chi connectivity index (χ4n) is 1.74. The zero-order valence-corrected chi connectivity index (χ0v) is 10.8. The van der Waals surface area contributed by atoms with E-state index in [9.17, 15) is 4.79 Å². The van der Waals surface area contributed by atoms with Crippen molar-refractivity contribution in [3.8, 4) is 0 Å². The van der Waals surface area contributed by atoms with Crippen LogP contribution in [0.5, 0.6) is 0 Å². The zero-order chi connectivity index (χ0) is 13.8. The first-order chi connectivity index (χ1) is 9.06. The average molecular weight is 257 g/mol. The second-order valence-corrected chi connectivity index (χ2v) is 4.28. The molecule has 0 bridgehead atoms. The first-order valence-electron chi connectivity index (χ1n) is 5.93. The van der Waals surface area contributed by atoms with Gasteiger partial charge in [0.05, 0.1) is 12.2 Å². The third-order valence-electron chi connectivity index (χ3n) is 2.65. The molecule has 5 heteroatoms. The SMILES string of the molecule is Cc1cccc(CNc2nc(C)ccc2C(=O)O)n1. The average Bonchev–Trinajstić information content (AvgIpc) is 2.36. The lowest BCUT2D eigenvalue weighted by atomic mass is 10.2. The summed E-state index contributed by atoms with van der Waals surface area (Å²) in [5.41, 5.74) is 2.71. The van der Waals surface area contributed by atoms with Crippen LogP contribution in [-0.4, -0.2) is 21.0 Å². The number of hydrogen-bond acceptors (Lipinski definition) is 4. The lowest BCUT2D eigenvalue weighted by Gasteiger charge is -2.09. The van der Waals surface area contributed by atoms with Crippen molar-refractivity contribution in [2.75, 3.05) is 5.32 Å². The predicted octanol–water partition coefficient (Wildman–Crippen LogP) is 2.40. The Morgan fingerprint density at radius 3 is 2.58 bits per heavy atom. The first kappa shape index (κ1) is 13.0. The number of carboxylic acid groups (broad SMARTS) is 1. The zero-order valence-electron chi connectivity index (χ0n) is 10.8. The minimum Gasteiger partial charge on any atom is -0.478 e. The second-order valence-electron chi connectivity index (χ2n) is 4.28. The van der Waals surface area contributed by atoms with Crippen molar-refractivity contribution in [3.05, 3.63) is 53.0 Å². The Bertz CT molecular complexity index is 611. The van der Waals surface area contributed by atoms with Gasteiger partial charge >= 0.3 is 5.97 Å². The molecule has 0 spiro atoms. The molecule has 2 aromatic heterocycles. The summed E-state index contributed by atoms with van der Waals surface area (Å²) in [7, 11) is 0. The number of pyridine rings is 2. The molecule has 0 saturated carbocycles. The summed E-state index contributed by atoms with van der Waals surface area (Å²) >= 11 is 0. The summed E-state index contributed by atoms with van der Waals surface area (Å²) in [6, 6.07) is 8.95. The molecule has 0 radical (unpaired) electrons. The van der Waals surface area contributed by atoms with Gasteiger partial charge in [0.15, 0.2) is 0 Å². The maximum atomic E-state index is 11.1. The standard InChI is InChI=1S/C14H15N3O2/c1-9-4-3-5-11(16-9)8-15-13-12(14(18)19)7-6-10(2)17-13/h3-7H,8H2,1-2H3,(H,15,17)(H,18,19). The second kappa shape index (κ2) is 5.48. The Morgan fingerprint density at radius 1 is 1.16 bits per heavy atom. The molecule has 0 aromatic carbocycles. The Hall–Kier alpha value is -2.43. The van der Waals surface area contributed by atoms with Crippen LogP contribution in [0.15, 0.2) is 30.3 Å². The number of carbonyl (C=O) groups is 1. The van der Waals surface area contributed by atoms with Crippen LogP contribution in [0.2, 0.25) is 0 Å². The van der Waals surface area contributed by atoms with Crippen molar-refractivity contribution in [1.82, 2.24) is 9.97 Å². The summed E-state index contributed by atoms with van der Waals surface area (Å²) in [5.74, 6) is -0.622. The largest absolute Gasteiger partial charge is 0.478 e. The fraction of sp³-hybridized carbons (Fsp3) is 0.214. The maximum absolute atomic E-state index is 11.1. The molecule has 0 aliphatic carbocycles. The van der Waals surface area contributed by atoms with Crippen LogP contribution in [0, 0.1) is 13.8 Å². The molecule has 98 valence electrons. The number of carboxylic acids is 1. The number of nitrogens with one attached hydrogen (secondary N) is 1. The number of aryl methyl sites for hydroxylation is 2. The van der Waals surface area contributed by atoms with Crippen molar-refractivity contribution in [1.29, 1.82) is 0 Å². The van der Waals surface area contributed by atoms with Gasteiger partial charge in [-0.15, -0.1) is 0 Å². The number of nitrogens with zero attached hydrogens (tertiary/aromatic N) is 2. The Kier molecular flexibility index (Phi) is 3.75. The summed E-state index contributed by atoms with van der Waals surface area (Å²) in [5, 5.41) is 12.1. The lowest BCUT2D eigenvalue weighted by molar-refractivity contribution is 0.0697. The molecular formula is C14H15N3O2. The molecule has 0 unspecified atom stereocenters. The van der Waals surface area contributed by atoms with Crippen LogP contribution in [0.1, 0.15) is 27.4 Å². The Morgan fingerprint density at radius 2 is 1.89 bits per heavy atom. The quantitative estimate of drug-likeness (QED) is 0.879. The lowest BCUT2D eigenvalue weighted by Crippen LogP contribution is -2.10. The summed E-state index contributed by atoms with van der Waals surface area (Å²) in [4.78, 5) is 19.7. The van der Waals surface area contributed by atoms with Crippen LogP contribution in [0.3, 0.4) is 0 Å². The topological polar surface area (TPSA) is 75.1 Å². The highest BCUT2D eigenvalue weighted by Crippen LogP contribution is 2.14. The van der Waals surface area contributed by atoms with E-state index in [0.717, 1.165) is 17.1 Å². The molecule has 0 amide bonds. The molecular weight excluding hydrogens is 242 g/mol. The van der Waals surface area contributed by atoms with Gasteiger partial charge in [0, 0.05) is 11.4 Å². The molecule has 5 nitrogen and oxygen atoms in total. The monoisotopic (exact) mass is 257 g/mol. The van der Waals surface area contributed by atoms with Gasteiger partial charge in [0.25, 0.3) is 0 Å². The minimum absolute atomic E-state index is 0.165. The normalized spacial score (nSPS) is 10.2. The number of aromatic carboxylic acids is 1. The van der Waals surface area contributed by atoms with Crippen molar-refractivity contribution in [3.63, 3.8) is 0 Å². The molecule has 19 heavy (non-hydrogen) atoms. The van der Waals surface area contributed by atoms with Crippen molar-refractivity contribution < 1.29 is 9.90 Å². The van der Waals surface area contributed by atoms with E-state index in [1.165, 1.54) is 0 Å². The highest BCUT2D eigenvalue weighted by Gasteiger charge is 2.11. The molecule has 0 aliphatic rings. The van der Waals surface area contributed by atoms with Gasteiger partial charge in [-0.05, 0) is 38.1 Å². The number of aromatic nitrogens is 2. The summed E-state index contributed by atoms with van der Waals surface area (Å²) in [6.45, 7) is 4.18. The van der Waals surface area contributed by atoms with Gasteiger partial charge in [0.1, 0.15) is 11.4 Å². The van der Waals surface area contributed by atoms with Crippen LogP contribution >= 0.6 is 0 Å². The van der Waals surface area contributed by atoms with E-state index >= 15 is 0 Å². The molecule has 0 atom stereocenters. The van der Waals surface area contributed by atoms with Crippen LogP contribution in [-0.2, 0) is 6.54 Å². The van der Waals surface area contributed by atoms with Crippen molar-refractivity contribution >= 4 is 11.8 Å². The van der Waals surface area contributed by atoms with Gasteiger partial charge in [-0.3, -0.25) is 4.98 Å². The predicted molar refractivity (Wildman–Crippen MR) is 72.2 cm³/mol. The molecule has 2 aromatic rings. The summed E-state index contributed by atoms with van der Waals surface area (Å²) in [6.07, 6.45) is 0. The number of hydrogen-bond donors (Lipinski definition) is 2. The maximum Gasteiger partial charge on any atom is 0.339 e. The Balaban J connectivity index is 2.19. The highest BCUT2D eigenvalue weighted by molar-refractivity contribution is 5.93. The van der Waals surface area contributed by atoms with Gasteiger partial charge < -0.3 is 10.4 Å². The van der Waals surface area contributed by atoms with Crippen LogP contribution < -0.4 is 5.32 Å². The van der Waals surface area contributed by atoms with E-state index in [-0.39, 0.29) is 5.56 Å². The molecule has 2 heterocycles. The van der Waals surface area contributed by atoms with Gasteiger partial charge in [-0.1, -0.05) is 6.07 Å². The van der Waals surface area contributed by atoms with Crippen molar-refractivity contribution in [2.45, 2.75) is 20.4 Å².